The van der Waals surface area contributed by atoms with Crippen molar-refractivity contribution in [2.24, 2.45) is 0 Å². The smallest absolute Gasteiger partial charge is 0.265 e. The number of anilines is 2. The molecule has 19 heavy (non-hydrogen) atoms. The van der Waals surface area contributed by atoms with Gasteiger partial charge in [-0.25, -0.2) is 4.39 Å². The second-order valence-electron chi connectivity index (χ2n) is 4.60. The summed E-state index contributed by atoms with van der Waals surface area (Å²) in [4.78, 5) is 14.1. The van der Waals surface area contributed by atoms with Crippen molar-refractivity contribution in [1.29, 1.82) is 0 Å². The molecule has 0 saturated carbocycles. The van der Waals surface area contributed by atoms with Crippen molar-refractivity contribution >= 4 is 28.6 Å². The van der Waals surface area contributed by atoms with Crippen LogP contribution in [0.15, 0.2) is 24.3 Å². The monoisotopic (exact) mass is 276 g/mol. The van der Waals surface area contributed by atoms with E-state index < -0.39 is 5.82 Å². The van der Waals surface area contributed by atoms with Crippen molar-refractivity contribution in [2.75, 3.05) is 11.1 Å². The molecule has 2 aromatic rings. The van der Waals surface area contributed by atoms with Crippen LogP contribution in [0.25, 0.3) is 0 Å². The molecule has 98 valence electrons. The molecule has 0 bridgehead atoms. The van der Waals surface area contributed by atoms with Gasteiger partial charge in [0.05, 0.1) is 16.3 Å². The van der Waals surface area contributed by atoms with Crippen LogP contribution in [0, 0.1) is 5.82 Å². The van der Waals surface area contributed by atoms with Crippen molar-refractivity contribution < 1.29 is 9.18 Å². The summed E-state index contributed by atoms with van der Waals surface area (Å²) in [5.41, 5.74) is 7.63. The number of carbonyl (C=O) groups excluding carboxylic acids is 1. The van der Waals surface area contributed by atoms with Gasteiger partial charge < -0.3 is 11.1 Å². The number of nitrogens with one attached hydrogen (secondary N) is 1. The number of thiophene rings is 1. The number of halogens is 1. The molecule has 0 radical (unpaired) electrons. The SMILES string of the molecule is Nc1cc(F)ccc1NC(=O)c1cc2c(s1)CCC2. The normalized spacial score (nSPS) is 13.3. The first-order valence-corrected chi connectivity index (χ1v) is 6.93. The van der Waals surface area contributed by atoms with Crippen LogP contribution in [-0.4, -0.2) is 5.91 Å². The Labute approximate surface area is 114 Å². The first-order valence-electron chi connectivity index (χ1n) is 6.11. The molecule has 0 fully saturated rings. The Kier molecular flexibility index (Phi) is 2.98. The lowest BCUT2D eigenvalue weighted by molar-refractivity contribution is 0.103. The zero-order chi connectivity index (χ0) is 13.4. The summed E-state index contributed by atoms with van der Waals surface area (Å²) in [6, 6.07) is 5.90. The molecule has 1 aromatic heterocycles. The minimum atomic E-state index is -0.411. The van der Waals surface area contributed by atoms with E-state index in [1.54, 1.807) is 0 Å². The standard InChI is InChI=1S/C14H13FN2OS/c15-9-4-5-11(10(16)7-9)17-14(18)13-6-8-2-1-3-12(8)19-13/h4-7H,1-3,16H2,(H,17,18). The highest BCUT2D eigenvalue weighted by Crippen LogP contribution is 2.31. The Morgan fingerprint density at radius 1 is 1.32 bits per heavy atom. The predicted molar refractivity (Wildman–Crippen MR) is 75.1 cm³/mol. The van der Waals surface area contributed by atoms with Gasteiger partial charge >= 0.3 is 0 Å². The quantitative estimate of drug-likeness (QED) is 0.827. The lowest BCUT2D eigenvalue weighted by Crippen LogP contribution is -2.11. The van der Waals surface area contributed by atoms with Crippen molar-refractivity contribution in [2.45, 2.75) is 19.3 Å². The maximum atomic E-state index is 12.9. The molecule has 1 aliphatic rings. The minimum absolute atomic E-state index is 0.183. The molecule has 3 N–H and O–H groups in total. The fourth-order valence-electron chi connectivity index (χ4n) is 2.27. The molecule has 3 nitrogen and oxygen atoms in total. The van der Waals surface area contributed by atoms with E-state index in [-0.39, 0.29) is 11.6 Å². The van der Waals surface area contributed by atoms with E-state index in [2.05, 4.69) is 5.32 Å². The molecule has 3 rings (SSSR count). The zero-order valence-electron chi connectivity index (χ0n) is 10.2. The van der Waals surface area contributed by atoms with E-state index in [9.17, 15) is 9.18 Å². The van der Waals surface area contributed by atoms with Gasteiger partial charge in [0.2, 0.25) is 0 Å². The summed E-state index contributed by atoms with van der Waals surface area (Å²) in [5, 5.41) is 2.72. The van der Waals surface area contributed by atoms with Gasteiger partial charge in [-0.3, -0.25) is 4.79 Å². The first kappa shape index (κ1) is 12.2. The van der Waals surface area contributed by atoms with Crippen LogP contribution in [0.2, 0.25) is 0 Å². The molecular weight excluding hydrogens is 263 g/mol. The maximum Gasteiger partial charge on any atom is 0.265 e. The highest BCUT2D eigenvalue weighted by Gasteiger charge is 2.18. The summed E-state index contributed by atoms with van der Waals surface area (Å²) >= 11 is 1.53. The highest BCUT2D eigenvalue weighted by atomic mass is 32.1. The lowest BCUT2D eigenvalue weighted by Gasteiger charge is -2.06. The van der Waals surface area contributed by atoms with Crippen LogP contribution < -0.4 is 11.1 Å². The van der Waals surface area contributed by atoms with E-state index in [1.165, 1.54) is 46.4 Å². The largest absolute Gasteiger partial charge is 0.397 e. The Morgan fingerprint density at radius 2 is 2.16 bits per heavy atom. The molecule has 1 aliphatic carbocycles. The fraction of sp³-hybridized carbons (Fsp3) is 0.214. The molecule has 1 amide bonds. The Hall–Kier alpha value is -1.88. The van der Waals surface area contributed by atoms with Crippen LogP contribution in [0.3, 0.4) is 0 Å². The van der Waals surface area contributed by atoms with Crippen LogP contribution in [0.1, 0.15) is 26.5 Å². The number of benzene rings is 1. The van der Waals surface area contributed by atoms with Crippen molar-refractivity contribution in [3.63, 3.8) is 0 Å². The van der Waals surface area contributed by atoms with Gasteiger partial charge in [-0.2, -0.15) is 0 Å². The topological polar surface area (TPSA) is 55.1 Å². The first-order chi connectivity index (χ1) is 9.13. The molecule has 1 aromatic carbocycles. The van der Waals surface area contributed by atoms with Crippen LogP contribution in [0.5, 0.6) is 0 Å². The van der Waals surface area contributed by atoms with E-state index in [4.69, 9.17) is 5.73 Å². The lowest BCUT2D eigenvalue weighted by atomic mass is 10.2. The predicted octanol–water partition coefficient (Wildman–Crippen LogP) is 3.21. The number of amides is 1. The van der Waals surface area contributed by atoms with Crippen molar-refractivity contribution in [3.05, 3.63) is 45.4 Å². The summed E-state index contributed by atoms with van der Waals surface area (Å²) in [6.07, 6.45) is 3.29. The zero-order valence-corrected chi connectivity index (χ0v) is 11.0. The van der Waals surface area contributed by atoms with E-state index in [0.29, 0.717) is 10.6 Å². The van der Waals surface area contributed by atoms with Gasteiger partial charge in [0.25, 0.3) is 5.91 Å². The third-order valence-electron chi connectivity index (χ3n) is 3.23. The fourth-order valence-corrected chi connectivity index (χ4v) is 3.42. The molecule has 0 unspecified atom stereocenters. The average molecular weight is 276 g/mol. The van der Waals surface area contributed by atoms with Gasteiger partial charge in [0, 0.05) is 4.88 Å². The third-order valence-corrected chi connectivity index (χ3v) is 4.47. The summed E-state index contributed by atoms with van der Waals surface area (Å²) < 4.78 is 12.9. The maximum absolute atomic E-state index is 12.9. The third kappa shape index (κ3) is 2.33. The Balaban J connectivity index is 1.80. The molecule has 0 saturated heterocycles. The summed E-state index contributed by atoms with van der Waals surface area (Å²) in [6.45, 7) is 0. The van der Waals surface area contributed by atoms with E-state index >= 15 is 0 Å². The Morgan fingerprint density at radius 3 is 2.89 bits per heavy atom. The molecule has 0 atom stereocenters. The molecule has 1 heterocycles. The highest BCUT2D eigenvalue weighted by molar-refractivity contribution is 7.14. The van der Waals surface area contributed by atoms with E-state index in [0.717, 1.165) is 12.8 Å². The van der Waals surface area contributed by atoms with Crippen LogP contribution in [-0.2, 0) is 12.8 Å². The summed E-state index contributed by atoms with van der Waals surface area (Å²) in [5.74, 6) is -0.594. The Bertz CT molecular complexity index is 629. The number of nitrogen functional groups attached to an aromatic ring is 1. The minimum Gasteiger partial charge on any atom is -0.397 e. The number of aryl methyl sites for hydroxylation is 2. The van der Waals surface area contributed by atoms with Crippen molar-refractivity contribution in [1.82, 2.24) is 0 Å². The van der Waals surface area contributed by atoms with Crippen LogP contribution >= 0.6 is 11.3 Å². The number of hydrogen-bond acceptors (Lipinski definition) is 3. The molecule has 0 aliphatic heterocycles. The summed E-state index contributed by atoms with van der Waals surface area (Å²) in [7, 11) is 0. The van der Waals surface area contributed by atoms with Gasteiger partial charge in [-0.05, 0) is 49.1 Å². The number of fused-ring (bicyclic) bond motifs is 1. The van der Waals surface area contributed by atoms with Gasteiger partial charge in [-0.15, -0.1) is 11.3 Å². The van der Waals surface area contributed by atoms with Gasteiger partial charge in [-0.1, -0.05) is 0 Å². The van der Waals surface area contributed by atoms with Crippen molar-refractivity contribution in [3.8, 4) is 0 Å². The van der Waals surface area contributed by atoms with Crippen LogP contribution in [0.4, 0.5) is 15.8 Å². The van der Waals surface area contributed by atoms with Gasteiger partial charge in [0.1, 0.15) is 5.82 Å². The second kappa shape index (κ2) is 4.66. The molecular formula is C14H13FN2OS. The number of rotatable bonds is 2. The number of hydrogen-bond donors (Lipinski definition) is 2. The average Bonchev–Trinajstić information content (AvgIpc) is 2.93. The molecule has 5 heteroatoms. The van der Waals surface area contributed by atoms with E-state index in [1.807, 2.05) is 6.07 Å². The molecule has 0 spiro atoms. The number of carbonyl (C=O) groups is 1. The van der Waals surface area contributed by atoms with Gasteiger partial charge in [0.15, 0.2) is 0 Å². The second-order valence-corrected chi connectivity index (χ2v) is 5.74. The number of nitrogens with two attached hydrogens (primary N) is 1.